The molecule has 8 heteroatoms. The van der Waals surface area contributed by atoms with Crippen molar-refractivity contribution in [3.05, 3.63) is 41.5 Å². The molecule has 1 aromatic heterocycles. The molecule has 98 valence electrons. The third-order valence-corrected chi connectivity index (χ3v) is 2.75. The van der Waals surface area contributed by atoms with Gasteiger partial charge in [0, 0.05) is 17.1 Å². The standard InChI is InChI=1S/C11H8FN3O3S/c1-18-10(17)8-13-11(19-15-8)14-9(16)6-2-4-7(12)5-3-6/h2-5H,1H3,(H,13,14,15,16). The van der Waals surface area contributed by atoms with Crippen LogP contribution in [0.1, 0.15) is 21.0 Å². The Bertz CT molecular complexity index is 612. The van der Waals surface area contributed by atoms with Gasteiger partial charge in [0.15, 0.2) is 0 Å². The number of hydrogen-bond donors (Lipinski definition) is 1. The Morgan fingerprint density at radius 3 is 2.63 bits per heavy atom. The van der Waals surface area contributed by atoms with Gasteiger partial charge in [-0.2, -0.15) is 9.36 Å². The van der Waals surface area contributed by atoms with Crippen LogP contribution in [-0.4, -0.2) is 28.3 Å². The quantitative estimate of drug-likeness (QED) is 0.866. The second-order valence-corrected chi connectivity index (χ2v) is 4.13. The predicted molar refractivity (Wildman–Crippen MR) is 65.6 cm³/mol. The summed E-state index contributed by atoms with van der Waals surface area (Å²) in [6.07, 6.45) is 0. The van der Waals surface area contributed by atoms with Gasteiger partial charge in [-0.05, 0) is 24.3 Å². The minimum absolute atomic E-state index is 0.123. The molecule has 6 nitrogen and oxygen atoms in total. The van der Waals surface area contributed by atoms with Gasteiger partial charge in [0.2, 0.25) is 5.13 Å². The van der Waals surface area contributed by atoms with E-state index in [1.54, 1.807) is 0 Å². The Labute approximate surface area is 111 Å². The van der Waals surface area contributed by atoms with Crippen LogP contribution >= 0.6 is 11.5 Å². The topological polar surface area (TPSA) is 81.2 Å². The zero-order chi connectivity index (χ0) is 13.8. The summed E-state index contributed by atoms with van der Waals surface area (Å²) in [6, 6.07) is 5.03. The summed E-state index contributed by atoms with van der Waals surface area (Å²) in [5, 5.41) is 2.61. The lowest BCUT2D eigenvalue weighted by atomic mass is 10.2. The number of aromatic nitrogens is 2. The van der Waals surface area contributed by atoms with Crippen LogP contribution in [0.4, 0.5) is 9.52 Å². The molecule has 19 heavy (non-hydrogen) atoms. The highest BCUT2D eigenvalue weighted by Crippen LogP contribution is 2.13. The number of nitrogens with zero attached hydrogens (tertiary/aromatic N) is 2. The molecule has 0 aliphatic rings. The average Bonchev–Trinajstić information content (AvgIpc) is 2.87. The van der Waals surface area contributed by atoms with E-state index in [1.165, 1.54) is 31.4 Å². The van der Waals surface area contributed by atoms with E-state index >= 15 is 0 Å². The summed E-state index contributed by atoms with van der Waals surface area (Å²) in [6.45, 7) is 0. The maximum atomic E-state index is 12.7. The highest BCUT2D eigenvalue weighted by molar-refractivity contribution is 7.10. The average molecular weight is 281 g/mol. The van der Waals surface area contributed by atoms with E-state index in [-0.39, 0.29) is 16.5 Å². The minimum Gasteiger partial charge on any atom is -0.463 e. The summed E-state index contributed by atoms with van der Waals surface area (Å²) in [7, 11) is 1.21. The molecule has 2 rings (SSSR count). The number of esters is 1. The number of carbonyl (C=O) groups is 2. The summed E-state index contributed by atoms with van der Waals surface area (Å²) in [4.78, 5) is 26.7. The molecule has 1 N–H and O–H groups in total. The summed E-state index contributed by atoms with van der Waals surface area (Å²) in [5.41, 5.74) is 0.274. The third-order valence-electron chi connectivity index (χ3n) is 2.12. The molecule has 0 fully saturated rings. The first kappa shape index (κ1) is 13.1. The van der Waals surface area contributed by atoms with Crippen molar-refractivity contribution in [2.75, 3.05) is 12.4 Å². The summed E-state index contributed by atoms with van der Waals surface area (Å²) < 4.78 is 20.9. The molecule has 1 amide bonds. The van der Waals surface area contributed by atoms with Crippen LogP contribution in [0.5, 0.6) is 0 Å². The van der Waals surface area contributed by atoms with Gasteiger partial charge < -0.3 is 4.74 Å². The van der Waals surface area contributed by atoms with Crippen molar-refractivity contribution in [2.45, 2.75) is 0 Å². The minimum atomic E-state index is -0.682. The number of halogens is 1. The van der Waals surface area contributed by atoms with Crippen molar-refractivity contribution < 1.29 is 18.7 Å². The molecule has 0 radical (unpaired) electrons. The van der Waals surface area contributed by atoms with Gasteiger partial charge in [0.05, 0.1) is 7.11 Å². The zero-order valence-corrected chi connectivity index (χ0v) is 10.5. The Morgan fingerprint density at radius 2 is 2.00 bits per heavy atom. The Morgan fingerprint density at radius 1 is 1.32 bits per heavy atom. The number of anilines is 1. The summed E-state index contributed by atoms with van der Waals surface area (Å²) in [5.74, 6) is -1.70. The Balaban J connectivity index is 2.08. The molecule has 0 saturated heterocycles. The highest BCUT2D eigenvalue weighted by atomic mass is 32.1. The van der Waals surface area contributed by atoms with E-state index < -0.39 is 17.7 Å². The first-order chi connectivity index (χ1) is 9.10. The lowest BCUT2D eigenvalue weighted by molar-refractivity contribution is 0.0588. The Hall–Kier alpha value is -2.35. The van der Waals surface area contributed by atoms with E-state index in [4.69, 9.17) is 0 Å². The maximum Gasteiger partial charge on any atom is 0.377 e. The lowest BCUT2D eigenvalue weighted by Gasteiger charge is -2.00. The lowest BCUT2D eigenvalue weighted by Crippen LogP contribution is -2.12. The molecule has 0 saturated carbocycles. The summed E-state index contributed by atoms with van der Waals surface area (Å²) >= 11 is 0.851. The number of amides is 1. The van der Waals surface area contributed by atoms with Crippen LogP contribution in [-0.2, 0) is 4.74 Å². The molecule has 0 aliphatic heterocycles. The molecular weight excluding hydrogens is 273 g/mol. The van der Waals surface area contributed by atoms with Crippen LogP contribution < -0.4 is 5.32 Å². The maximum absolute atomic E-state index is 12.7. The molecule has 1 heterocycles. The van der Waals surface area contributed by atoms with Crippen molar-refractivity contribution in [3.63, 3.8) is 0 Å². The smallest absolute Gasteiger partial charge is 0.377 e. The zero-order valence-electron chi connectivity index (χ0n) is 9.71. The fraction of sp³-hybridized carbons (Fsp3) is 0.0909. The second kappa shape index (κ2) is 5.53. The number of methoxy groups -OCH3 is 1. The second-order valence-electron chi connectivity index (χ2n) is 3.38. The van der Waals surface area contributed by atoms with Crippen LogP contribution in [0.3, 0.4) is 0 Å². The molecule has 0 unspecified atom stereocenters. The van der Waals surface area contributed by atoms with Crippen LogP contribution in [0, 0.1) is 5.82 Å². The molecule has 1 aromatic carbocycles. The van der Waals surface area contributed by atoms with Crippen molar-refractivity contribution in [1.29, 1.82) is 0 Å². The number of carbonyl (C=O) groups excluding carboxylic acids is 2. The molecule has 0 atom stereocenters. The van der Waals surface area contributed by atoms with Gasteiger partial charge in [-0.1, -0.05) is 0 Å². The van der Waals surface area contributed by atoms with E-state index in [2.05, 4.69) is 19.4 Å². The van der Waals surface area contributed by atoms with Crippen molar-refractivity contribution in [1.82, 2.24) is 9.36 Å². The van der Waals surface area contributed by atoms with E-state index in [0.29, 0.717) is 0 Å². The van der Waals surface area contributed by atoms with E-state index in [9.17, 15) is 14.0 Å². The van der Waals surface area contributed by atoms with Gasteiger partial charge in [-0.15, -0.1) is 0 Å². The van der Waals surface area contributed by atoms with E-state index in [0.717, 1.165) is 11.5 Å². The number of ether oxygens (including phenoxy) is 1. The van der Waals surface area contributed by atoms with Gasteiger partial charge >= 0.3 is 5.97 Å². The first-order valence-corrected chi connectivity index (χ1v) is 5.86. The highest BCUT2D eigenvalue weighted by Gasteiger charge is 2.15. The molecule has 0 aliphatic carbocycles. The molecule has 0 spiro atoms. The number of benzene rings is 1. The monoisotopic (exact) mass is 281 g/mol. The van der Waals surface area contributed by atoms with Crippen LogP contribution in [0.25, 0.3) is 0 Å². The molecular formula is C11H8FN3O3S. The van der Waals surface area contributed by atoms with Crippen LogP contribution in [0.15, 0.2) is 24.3 Å². The first-order valence-electron chi connectivity index (χ1n) is 5.09. The number of nitrogens with one attached hydrogen (secondary N) is 1. The number of rotatable bonds is 3. The van der Waals surface area contributed by atoms with Gasteiger partial charge in [-0.25, -0.2) is 9.18 Å². The third kappa shape index (κ3) is 3.10. The van der Waals surface area contributed by atoms with Crippen molar-refractivity contribution >= 4 is 28.5 Å². The Kier molecular flexibility index (Phi) is 3.81. The fourth-order valence-corrected chi connectivity index (χ4v) is 1.77. The van der Waals surface area contributed by atoms with Gasteiger partial charge in [0.1, 0.15) is 5.82 Å². The largest absolute Gasteiger partial charge is 0.463 e. The predicted octanol–water partition coefficient (Wildman–Crippen LogP) is 1.72. The van der Waals surface area contributed by atoms with Crippen LogP contribution in [0.2, 0.25) is 0 Å². The number of hydrogen-bond acceptors (Lipinski definition) is 6. The molecule has 2 aromatic rings. The molecule has 0 bridgehead atoms. The normalized spacial score (nSPS) is 10.0. The van der Waals surface area contributed by atoms with Crippen molar-refractivity contribution in [2.24, 2.45) is 0 Å². The SMILES string of the molecule is COC(=O)c1nsc(NC(=O)c2ccc(F)cc2)n1. The van der Waals surface area contributed by atoms with Gasteiger partial charge in [-0.3, -0.25) is 10.1 Å². The van der Waals surface area contributed by atoms with Gasteiger partial charge in [0.25, 0.3) is 11.7 Å². The van der Waals surface area contributed by atoms with Crippen molar-refractivity contribution in [3.8, 4) is 0 Å². The van der Waals surface area contributed by atoms with E-state index in [1.807, 2.05) is 0 Å². The fourth-order valence-electron chi connectivity index (χ4n) is 1.22.